The van der Waals surface area contributed by atoms with Crippen LogP contribution >= 0.6 is 0 Å². The van der Waals surface area contributed by atoms with Crippen LogP contribution in [0.3, 0.4) is 0 Å². The Morgan fingerprint density at radius 3 is 2.48 bits per heavy atom. The Balaban J connectivity index is 1.68. The Bertz CT molecular complexity index is 1070. The van der Waals surface area contributed by atoms with Crippen LogP contribution in [-0.2, 0) is 17.6 Å². The van der Waals surface area contributed by atoms with Crippen LogP contribution in [0.15, 0.2) is 89.1 Å². The smallest absolute Gasteiger partial charge is 0.168 e. The molecule has 0 aliphatic heterocycles. The summed E-state index contributed by atoms with van der Waals surface area (Å²) in [6, 6.07) is 24.7. The van der Waals surface area contributed by atoms with Crippen molar-refractivity contribution in [1.29, 1.82) is 0 Å². The monoisotopic (exact) mass is 383 g/mol. The van der Waals surface area contributed by atoms with Gasteiger partial charge in [0.15, 0.2) is 5.78 Å². The molecule has 0 aromatic heterocycles. The minimum atomic E-state index is 0.00690. The first-order valence-corrected chi connectivity index (χ1v) is 10.2. The number of aliphatic hydroxyl groups is 1. The lowest BCUT2D eigenvalue weighted by molar-refractivity contribution is -0.115. The molecule has 3 heteroatoms. The number of hydrogen-bond acceptors (Lipinski definition) is 3. The Kier molecular flexibility index (Phi) is 5.85. The average molecular weight is 383 g/mol. The Hall–Kier alpha value is -3.20. The number of fused-ring (bicyclic) bond motifs is 1. The highest BCUT2D eigenvalue weighted by atomic mass is 16.3. The second kappa shape index (κ2) is 8.87. The number of benzene rings is 3. The first-order valence-electron chi connectivity index (χ1n) is 10.2. The molecule has 146 valence electrons. The van der Waals surface area contributed by atoms with Gasteiger partial charge < -0.3 is 5.11 Å². The summed E-state index contributed by atoms with van der Waals surface area (Å²) in [4.78, 5) is 17.5. The van der Waals surface area contributed by atoms with E-state index < -0.39 is 0 Å². The van der Waals surface area contributed by atoms with E-state index >= 15 is 0 Å². The summed E-state index contributed by atoms with van der Waals surface area (Å²) in [5.74, 6) is 0.201. The minimum absolute atomic E-state index is 0.00690. The van der Waals surface area contributed by atoms with E-state index in [1.807, 2.05) is 36.4 Å². The molecular formula is C26H25NO2. The molecule has 0 heterocycles. The third-order valence-corrected chi connectivity index (χ3v) is 5.46. The van der Waals surface area contributed by atoms with Crippen LogP contribution in [0.25, 0.3) is 10.8 Å². The fourth-order valence-corrected chi connectivity index (χ4v) is 3.97. The number of hydrogen-bond donors (Lipinski definition) is 1. The Morgan fingerprint density at radius 1 is 0.897 bits per heavy atom. The zero-order chi connectivity index (χ0) is 20.1. The first-order chi connectivity index (χ1) is 14.2. The molecule has 0 amide bonds. The molecule has 1 N–H and O–H groups in total. The van der Waals surface area contributed by atoms with Gasteiger partial charge in [-0.15, -0.1) is 0 Å². The predicted molar refractivity (Wildman–Crippen MR) is 119 cm³/mol. The van der Waals surface area contributed by atoms with Gasteiger partial charge in [0.1, 0.15) is 5.76 Å². The molecule has 0 spiro atoms. The molecule has 1 aliphatic rings. The van der Waals surface area contributed by atoms with Gasteiger partial charge in [0.05, 0.1) is 11.3 Å². The highest BCUT2D eigenvalue weighted by molar-refractivity contribution is 6.24. The van der Waals surface area contributed by atoms with E-state index in [1.165, 1.54) is 10.9 Å². The molecule has 0 atom stereocenters. The lowest BCUT2D eigenvalue weighted by Gasteiger charge is -2.18. The highest BCUT2D eigenvalue weighted by Crippen LogP contribution is 2.25. The average Bonchev–Trinajstić information content (AvgIpc) is 2.74. The van der Waals surface area contributed by atoms with Crippen molar-refractivity contribution < 1.29 is 9.90 Å². The molecule has 1 aliphatic carbocycles. The number of nitrogens with zero attached hydrogens (tertiary/aromatic N) is 1. The van der Waals surface area contributed by atoms with Crippen LogP contribution in [0, 0.1) is 0 Å². The number of aliphatic imine (C=N–C) groups is 1. The van der Waals surface area contributed by atoms with Gasteiger partial charge in [-0.3, -0.25) is 9.79 Å². The van der Waals surface area contributed by atoms with Crippen LogP contribution in [0.5, 0.6) is 0 Å². The number of aliphatic hydroxyl groups excluding tert-OH is 1. The standard InChI is InChI=1S/C26H25NO2/c28-24-14-7-15-25(29)26(24)23(27-17-16-19-8-2-1-3-9-19)18-21-12-6-11-20-10-4-5-13-22(20)21/h1-6,8-13,28H,7,14-18H2. The summed E-state index contributed by atoms with van der Waals surface area (Å²) in [5.41, 5.74) is 3.49. The summed E-state index contributed by atoms with van der Waals surface area (Å²) >= 11 is 0. The summed E-state index contributed by atoms with van der Waals surface area (Å²) in [6.07, 6.45) is 3.09. The number of carbonyl (C=O) groups excluding carboxylic acids is 1. The van der Waals surface area contributed by atoms with Crippen LogP contribution in [0.1, 0.15) is 30.4 Å². The third-order valence-electron chi connectivity index (χ3n) is 5.46. The van der Waals surface area contributed by atoms with Crippen molar-refractivity contribution in [2.75, 3.05) is 6.54 Å². The minimum Gasteiger partial charge on any atom is -0.511 e. The topological polar surface area (TPSA) is 49.7 Å². The van der Waals surface area contributed by atoms with E-state index in [9.17, 15) is 9.90 Å². The van der Waals surface area contributed by atoms with Crippen molar-refractivity contribution in [2.24, 2.45) is 4.99 Å². The van der Waals surface area contributed by atoms with Gasteiger partial charge in [-0.2, -0.15) is 0 Å². The molecular weight excluding hydrogens is 358 g/mol. The van der Waals surface area contributed by atoms with Gasteiger partial charge in [-0.1, -0.05) is 72.8 Å². The van der Waals surface area contributed by atoms with Crippen molar-refractivity contribution in [3.05, 3.63) is 95.3 Å². The Morgan fingerprint density at radius 2 is 1.66 bits per heavy atom. The Labute approximate surface area is 171 Å². The molecule has 0 fully saturated rings. The van der Waals surface area contributed by atoms with Crippen molar-refractivity contribution in [1.82, 2.24) is 0 Å². The van der Waals surface area contributed by atoms with E-state index in [1.54, 1.807) is 0 Å². The van der Waals surface area contributed by atoms with E-state index in [4.69, 9.17) is 4.99 Å². The van der Waals surface area contributed by atoms with Crippen molar-refractivity contribution >= 4 is 22.3 Å². The van der Waals surface area contributed by atoms with Gasteiger partial charge in [-0.05, 0) is 34.7 Å². The van der Waals surface area contributed by atoms with Crippen molar-refractivity contribution in [3.8, 4) is 0 Å². The van der Waals surface area contributed by atoms with Gasteiger partial charge in [0.25, 0.3) is 0 Å². The summed E-state index contributed by atoms with van der Waals surface area (Å²) in [6.45, 7) is 0.591. The van der Waals surface area contributed by atoms with Crippen LogP contribution < -0.4 is 0 Å². The van der Waals surface area contributed by atoms with Crippen LogP contribution in [0.4, 0.5) is 0 Å². The van der Waals surface area contributed by atoms with E-state index in [0.717, 1.165) is 17.4 Å². The number of ketones is 1. The second-order valence-electron chi connectivity index (χ2n) is 7.48. The predicted octanol–water partition coefficient (Wildman–Crippen LogP) is 5.63. The molecule has 3 nitrogen and oxygen atoms in total. The molecule has 0 saturated heterocycles. The maximum absolute atomic E-state index is 12.6. The lowest BCUT2D eigenvalue weighted by Crippen LogP contribution is -2.22. The molecule has 4 rings (SSSR count). The van der Waals surface area contributed by atoms with Crippen LogP contribution in [0.2, 0.25) is 0 Å². The fraction of sp³-hybridized carbons (Fsp3) is 0.231. The van der Waals surface area contributed by atoms with E-state index in [2.05, 4.69) is 36.4 Å². The van der Waals surface area contributed by atoms with Crippen molar-refractivity contribution in [2.45, 2.75) is 32.1 Å². The van der Waals surface area contributed by atoms with Gasteiger partial charge >= 0.3 is 0 Å². The van der Waals surface area contributed by atoms with Gasteiger partial charge in [0.2, 0.25) is 0 Å². The number of allylic oxidation sites excluding steroid dienone is 2. The fourth-order valence-electron chi connectivity index (χ4n) is 3.97. The van der Waals surface area contributed by atoms with Crippen molar-refractivity contribution in [3.63, 3.8) is 0 Å². The molecule has 0 unspecified atom stereocenters. The first kappa shape index (κ1) is 19.1. The quantitative estimate of drug-likeness (QED) is 0.561. The number of Topliss-reactive ketones (excluding diaryl/α,β-unsaturated/α-hetero) is 1. The second-order valence-corrected chi connectivity index (χ2v) is 7.48. The highest BCUT2D eigenvalue weighted by Gasteiger charge is 2.25. The third kappa shape index (κ3) is 4.45. The maximum atomic E-state index is 12.6. The summed E-state index contributed by atoms with van der Waals surface area (Å²) in [5, 5.41) is 12.8. The van der Waals surface area contributed by atoms with E-state index in [0.29, 0.717) is 43.5 Å². The molecule has 3 aromatic rings. The number of rotatable bonds is 6. The normalized spacial score (nSPS) is 15.2. The zero-order valence-corrected chi connectivity index (χ0v) is 16.5. The van der Waals surface area contributed by atoms with Gasteiger partial charge in [-0.25, -0.2) is 0 Å². The lowest BCUT2D eigenvalue weighted by atomic mass is 9.89. The van der Waals surface area contributed by atoms with E-state index in [-0.39, 0.29) is 11.5 Å². The zero-order valence-electron chi connectivity index (χ0n) is 16.5. The largest absolute Gasteiger partial charge is 0.511 e. The molecule has 29 heavy (non-hydrogen) atoms. The number of carbonyl (C=O) groups is 1. The molecule has 0 bridgehead atoms. The SMILES string of the molecule is O=C1CCCC(O)=C1C(Cc1cccc2ccccc12)=NCCc1ccccc1. The maximum Gasteiger partial charge on any atom is 0.168 e. The summed E-state index contributed by atoms with van der Waals surface area (Å²) in [7, 11) is 0. The molecule has 3 aromatic carbocycles. The van der Waals surface area contributed by atoms with Crippen LogP contribution in [-0.4, -0.2) is 23.1 Å². The van der Waals surface area contributed by atoms with Gasteiger partial charge in [0, 0.05) is 25.8 Å². The molecule has 0 radical (unpaired) electrons. The molecule has 0 saturated carbocycles. The summed E-state index contributed by atoms with van der Waals surface area (Å²) < 4.78 is 0.